The Morgan fingerprint density at radius 2 is 1.84 bits per heavy atom. The molecule has 1 amide bonds. The molecule has 1 aliphatic heterocycles. The summed E-state index contributed by atoms with van der Waals surface area (Å²) < 4.78 is 0. The maximum absolute atomic E-state index is 12.7. The maximum atomic E-state index is 12.7. The number of carbonyl (C=O) groups excluding carboxylic acids is 1. The molecule has 0 aliphatic carbocycles. The van der Waals surface area contributed by atoms with Gasteiger partial charge in [0.25, 0.3) is 5.91 Å². The first-order valence-corrected chi connectivity index (χ1v) is 9.85. The van der Waals surface area contributed by atoms with Gasteiger partial charge in [0.05, 0.1) is 31.2 Å². The van der Waals surface area contributed by atoms with Crippen molar-refractivity contribution in [2.75, 3.05) is 26.2 Å². The van der Waals surface area contributed by atoms with Crippen molar-refractivity contribution in [3.05, 3.63) is 51.5 Å². The highest BCUT2D eigenvalue weighted by Gasteiger charge is 2.25. The Morgan fingerprint density at radius 1 is 1.20 bits per heavy atom. The number of hydrogen-bond donors (Lipinski definition) is 1. The first-order chi connectivity index (χ1) is 11.8. The Bertz CT molecular complexity index is 722. The van der Waals surface area contributed by atoms with Crippen LogP contribution in [0.4, 0.5) is 0 Å². The highest BCUT2D eigenvalue weighted by molar-refractivity contribution is 7.09. The number of amides is 1. The summed E-state index contributed by atoms with van der Waals surface area (Å²) in [5, 5.41) is 3.28. The number of nitrogens with zero attached hydrogens (tertiary/aromatic N) is 2. The average Bonchev–Trinajstić information content (AvgIpc) is 2.99. The fourth-order valence-corrected chi connectivity index (χ4v) is 3.86. The number of benzene rings is 1. The van der Waals surface area contributed by atoms with Crippen molar-refractivity contribution in [1.82, 2.24) is 9.88 Å². The van der Waals surface area contributed by atoms with Crippen molar-refractivity contribution in [3.63, 3.8) is 0 Å². The molecule has 1 aromatic carbocycles. The molecule has 0 bridgehead atoms. The summed E-state index contributed by atoms with van der Waals surface area (Å²) in [5.74, 6) is 0.156. The van der Waals surface area contributed by atoms with E-state index in [1.807, 2.05) is 24.0 Å². The molecule has 1 fully saturated rings. The van der Waals surface area contributed by atoms with Gasteiger partial charge in [-0.25, -0.2) is 4.98 Å². The lowest BCUT2D eigenvalue weighted by Gasteiger charge is -2.32. The van der Waals surface area contributed by atoms with Crippen LogP contribution in [0.25, 0.3) is 0 Å². The molecule has 2 aromatic rings. The van der Waals surface area contributed by atoms with Crippen LogP contribution in [0.1, 0.15) is 47.4 Å². The molecule has 5 heteroatoms. The number of aromatic nitrogens is 1. The van der Waals surface area contributed by atoms with Crippen LogP contribution in [0.5, 0.6) is 0 Å². The van der Waals surface area contributed by atoms with E-state index in [0.717, 1.165) is 43.3 Å². The Kier molecular flexibility index (Phi) is 5.25. The lowest BCUT2D eigenvalue weighted by Crippen LogP contribution is -3.13. The second-order valence-corrected chi connectivity index (χ2v) is 8.97. The molecule has 4 nitrogen and oxygen atoms in total. The largest absolute Gasteiger partial charge is 0.327 e. The first-order valence-electron chi connectivity index (χ1n) is 8.97. The van der Waals surface area contributed by atoms with Crippen LogP contribution in [-0.4, -0.2) is 42.0 Å². The van der Waals surface area contributed by atoms with Gasteiger partial charge in [-0.1, -0.05) is 32.9 Å². The Morgan fingerprint density at radius 3 is 2.36 bits per heavy atom. The van der Waals surface area contributed by atoms with Crippen LogP contribution in [0.15, 0.2) is 29.6 Å². The van der Waals surface area contributed by atoms with Gasteiger partial charge in [-0.05, 0) is 30.0 Å². The van der Waals surface area contributed by atoms with E-state index in [0.29, 0.717) is 0 Å². The first kappa shape index (κ1) is 18.1. The molecule has 0 saturated carbocycles. The Balaban J connectivity index is 1.56. The minimum absolute atomic E-state index is 0.116. The molecule has 1 aliphatic rings. The van der Waals surface area contributed by atoms with Crippen molar-refractivity contribution < 1.29 is 9.69 Å². The number of aryl methyl sites for hydroxylation is 1. The van der Waals surface area contributed by atoms with Crippen molar-refractivity contribution in [3.8, 4) is 0 Å². The smallest absolute Gasteiger partial charge is 0.254 e. The summed E-state index contributed by atoms with van der Waals surface area (Å²) in [6.45, 7) is 13.2. The van der Waals surface area contributed by atoms with Crippen LogP contribution in [0, 0.1) is 6.92 Å². The molecule has 0 unspecified atom stereocenters. The number of hydrogen-bond acceptors (Lipinski definition) is 3. The number of nitrogens with one attached hydrogen (secondary N) is 1. The second-order valence-electron chi connectivity index (χ2n) is 7.90. The van der Waals surface area contributed by atoms with Crippen LogP contribution >= 0.6 is 11.3 Å². The van der Waals surface area contributed by atoms with Crippen LogP contribution in [-0.2, 0) is 12.0 Å². The minimum atomic E-state index is 0.116. The number of quaternary nitrogens is 1. The molecular formula is C20H28N3OS+. The molecule has 2 heterocycles. The summed E-state index contributed by atoms with van der Waals surface area (Å²) in [7, 11) is 0. The van der Waals surface area contributed by atoms with Crippen LogP contribution in [0.2, 0.25) is 0 Å². The fraction of sp³-hybridized carbons (Fsp3) is 0.500. The summed E-state index contributed by atoms with van der Waals surface area (Å²) in [6, 6.07) is 8.11. The van der Waals surface area contributed by atoms with Gasteiger partial charge >= 0.3 is 0 Å². The van der Waals surface area contributed by atoms with Gasteiger partial charge in [0.2, 0.25) is 0 Å². The maximum Gasteiger partial charge on any atom is 0.254 e. The molecule has 134 valence electrons. The molecular weight excluding hydrogens is 330 g/mol. The highest BCUT2D eigenvalue weighted by atomic mass is 32.1. The lowest BCUT2D eigenvalue weighted by atomic mass is 9.86. The monoisotopic (exact) mass is 358 g/mol. The van der Waals surface area contributed by atoms with E-state index in [4.69, 9.17) is 0 Å². The molecule has 3 rings (SSSR count). The Hall–Kier alpha value is -1.72. The predicted octanol–water partition coefficient (Wildman–Crippen LogP) is 2.29. The van der Waals surface area contributed by atoms with E-state index >= 15 is 0 Å². The molecule has 1 aromatic heterocycles. The fourth-order valence-electron chi connectivity index (χ4n) is 3.24. The summed E-state index contributed by atoms with van der Waals surface area (Å²) in [5.41, 5.74) is 3.35. The van der Waals surface area contributed by atoms with E-state index in [-0.39, 0.29) is 11.3 Å². The van der Waals surface area contributed by atoms with Gasteiger partial charge in [0, 0.05) is 10.9 Å². The van der Waals surface area contributed by atoms with Crippen LogP contribution < -0.4 is 4.90 Å². The quantitative estimate of drug-likeness (QED) is 0.914. The van der Waals surface area contributed by atoms with Crippen molar-refractivity contribution >= 4 is 17.2 Å². The minimum Gasteiger partial charge on any atom is -0.327 e. The van der Waals surface area contributed by atoms with Crippen molar-refractivity contribution in [2.45, 2.75) is 39.7 Å². The topological polar surface area (TPSA) is 37.6 Å². The normalized spacial score (nSPS) is 16.2. The van der Waals surface area contributed by atoms with E-state index in [9.17, 15) is 4.79 Å². The summed E-state index contributed by atoms with van der Waals surface area (Å²) >= 11 is 1.71. The molecule has 0 radical (unpaired) electrons. The second kappa shape index (κ2) is 7.26. The van der Waals surface area contributed by atoms with Gasteiger partial charge < -0.3 is 9.80 Å². The standard InChI is InChI=1S/C20H27N3OS/c1-15-21-18(14-25-15)13-22-9-11-23(12-10-22)19(24)16-5-7-17(8-6-16)20(2,3)4/h5-8,14H,9-13H2,1-4H3/p+1. The van der Waals surface area contributed by atoms with E-state index < -0.39 is 0 Å². The van der Waals surface area contributed by atoms with Gasteiger partial charge in [0.15, 0.2) is 0 Å². The SMILES string of the molecule is Cc1nc(C[NH+]2CCN(C(=O)c3ccc(C(C)(C)C)cc3)CC2)cs1. The molecule has 1 N–H and O–H groups in total. The van der Waals surface area contributed by atoms with Crippen LogP contribution in [0.3, 0.4) is 0 Å². The molecule has 0 atom stereocenters. The lowest BCUT2D eigenvalue weighted by molar-refractivity contribution is -0.917. The third kappa shape index (κ3) is 4.47. The average molecular weight is 359 g/mol. The van der Waals surface area contributed by atoms with E-state index in [2.05, 4.69) is 43.3 Å². The van der Waals surface area contributed by atoms with E-state index in [1.165, 1.54) is 16.2 Å². The zero-order valence-corrected chi connectivity index (χ0v) is 16.4. The number of carbonyl (C=O) groups is 1. The predicted molar refractivity (Wildman–Crippen MR) is 102 cm³/mol. The van der Waals surface area contributed by atoms with Crippen molar-refractivity contribution in [1.29, 1.82) is 0 Å². The summed E-state index contributed by atoms with van der Waals surface area (Å²) in [4.78, 5) is 20.8. The van der Waals surface area contributed by atoms with Gasteiger partial charge in [-0.3, -0.25) is 4.79 Å². The number of thiazole rings is 1. The number of rotatable bonds is 3. The van der Waals surface area contributed by atoms with Gasteiger partial charge in [-0.15, -0.1) is 11.3 Å². The number of piperazine rings is 1. The zero-order chi connectivity index (χ0) is 18.0. The van der Waals surface area contributed by atoms with Crippen molar-refractivity contribution in [2.24, 2.45) is 0 Å². The summed E-state index contributed by atoms with van der Waals surface area (Å²) in [6.07, 6.45) is 0. The Labute approximate surface area is 154 Å². The zero-order valence-electron chi connectivity index (χ0n) is 15.6. The van der Waals surface area contributed by atoms with Gasteiger partial charge in [0.1, 0.15) is 12.2 Å². The molecule has 25 heavy (non-hydrogen) atoms. The third-order valence-corrected chi connectivity index (χ3v) is 5.68. The van der Waals surface area contributed by atoms with Gasteiger partial charge in [-0.2, -0.15) is 0 Å². The van der Waals surface area contributed by atoms with E-state index in [1.54, 1.807) is 11.3 Å². The molecule has 1 saturated heterocycles. The third-order valence-electron chi connectivity index (χ3n) is 4.85. The molecule has 0 spiro atoms. The highest BCUT2D eigenvalue weighted by Crippen LogP contribution is 2.22.